The minimum Gasteiger partial charge on any atom is -0.382 e. The molecule has 0 aromatic rings. The Balaban J connectivity index is -0.000000161. The van der Waals surface area contributed by atoms with Crippen LogP contribution in [0.3, 0.4) is 0 Å². The second kappa shape index (κ2) is 46.7. The Kier molecular flexibility index (Phi) is 57.5. The Bertz CT molecular complexity index is 183. The third-order valence-electron chi connectivity index (χ3n) is 2.71. The lowest BCUT2D eigenvalue weighted by Gasteiger charge is -2.04. The van der Waals surface area contributed by atoms with Crippen molar-refractivity contribution in [3.8, 4) is 0 Å². The van der Waals surface area contributed by atoms with Crippen LogP contribution in [0.15, 0.2) is 0 Å². The molecule has 0 unspecified atom stereocenters. The van der Waals surface area contributed by atoms with E-state index < -0.39 is 0 Å². The summed E-state index contributed by atoms with van der Waals surface area (Å²) in [5.41, 5.74) is 0. The average molecular weight is 449 g/mol. The number of hydrogen-bond donors (Lipinski definition) is 0. The summed E-state index contributed by atoms with van der Waals surface area (Å²) in [5.74, 6) is 0. The molecule has 10 heteroatoms. The average Bonchev–Trinajstić information content (AvgIpc) is 2.78. The van der Waals surface area contributed by atoms with E-state index in [9.17, 15) is 0 Å². The zero-order chi connectivity index (χ0) is 23.6. The summed E-state index contributed by atoms with van der Waals surface area (Å²) >= 11 is 0. The molecule has 0 amide bonds. The van der Waals surface area contributed by atoms with Gasteiger partial charge in [-0.2, -0.15) is 0 Å². The van der Waals surface area contributed by atoms with Gasteiger partial charge < -0.3 is 47.4 Å². The predicted molar refractivity (Wildman–Crippen MR) is 117 cm³/mol. The van der Waals surface area contributed by atoms with Gasteiger partial charge >= 0.3 is 0 Å². The monoisotopic (exact) mass is 448 g/mol. The van der Waals surface area contributed by atoms with Gasteiger partial charge in [0.1, 0.15) is 0 Å². The van der Waals surface area contributed by atoms with E-state index in [-0.39, 0.29) is 0 Å². The zero-order valence-electron chi connectivity index (χ0n) is 20.6. The molecule has 0 aromatic heterocycles. The Labute approximate surface area is 184 Å². The van der Waals surface area contributed by atoms with Crippen LogP contribution in [0.1, 0.15) is 0 Å². The van der Waals surface area contributed by atoms with Gasteiger partial charge in [-0.05, 0) is 0 Å². The molecule has 0 aliphatic carbocycles. The van der Waals surface area contributed by atoms with E-state index in [2.05, 4.69) is 28.4 Å². The molecule has 0 N–H and O–H groups in total. The highest BCUT2D eigenvalue weighted by Crippen LogP contribution is 1.79. The molecule has 0 spiro atoms. The number of ether oxygens (including phenoxy) is 10. The Morgan fingerprint density at radius 1 is 0.233 bits per heavy atom. The maximum absolute atomic E-state index is 5.16. The fraction of sp³-hybridized carbons (Fsp3) is 1.00. The van der Waals surface area contributed by atoms with Crippen molar-refractivity contribution in [1.82, 2.24) is 0 Å². The third-order valence-corrected chi connectivity index (χ3v) is 2.71. The van der Waals surface area contributed by atoms with Crippen LogP contribution in [0.4, 0.5) is 0 Å². The first kappa shape index (κ1) is 36.9. The smallest absolute Gasteiger partial charge is 0.0701 e. The van der Waals surface area contributed by atoms with Crippen molar-refractivity contribution in [1.29, 1.82) is 0 Å². The first-order valence-electron chi connectivity index (χ1n) is 9.73. The Hall–Kier alpha value is -0.400. The normalized spacial score (nSPS) is 9.60. The summed E-state index contributed by atoms with van der Waals surface area (Å²) < 4.78 is 47.9. The van der Waals surface area contributed by atoms with E-state index in [1.165, 1.54) is 0 Å². The second-order valence-corrected chi connectivity index (χ2v) is 5.17. The summed E-state index contributed by atoms with van der Waals surface area (Å²) in [5, 5.41) is 0. The van der Waals surface area contributed by atoms with Gasteiger partial charge in [0.2, 0.25) is 0 Å². The summed E-state index contributed by atoms with van der Waals surface area (Å²) in [6, 6.07) is 0. The molecular formula is C20H48O10. The first-order valence-corrected chi connectivity index (χ1v) is 9.73. The third kappa shape index (κ3) is 63.0. The highest BCUT2D eigenvalue weighted by molar-refractivity contribution is 4.32. The molecule has 10 nitrogen and oxygen atoms in total. The van der Waals surface area contributed by atoms with Crippen LogP contribution in [0, 0.1) is 0 Å². The van der Waals surface area contributed by atoms with E-state index in [0.29, 0.717) is 79.3 Å². The van der Waals surface area contributed by atoms with Crippen molar-refractivity contribution in [3.63, 3.8) is 0 Å². The van der Waals surface area contributed by atoms with Crippen LogP contribution in [0.25, 0.3) is 0 Å². The molecule has 0 heterocycles. The standard InChI is InChI=1S/C8H18O4.3C4H10O2/c1-9-3-5-11-7-8-12-6-4-10-2;3*1-5-3-4-6-2/h3-8H2,1-2H3;3*3-4H2,1-2H3. The van der Waals surface area contributed by atoms with E-state index in [1.807, 2.05) is 0 Å². The molecule has 30 heavy (non-hydrogen) atoms. The van der Waals surface area contributed by atoms with Gasteiger partial charge in [-0.1, -0.05) is 0 Å². The minimum atomic E-state index is 0.618. The van der Waals surface area contributed by atoms with Crippen LogP contribution in [0.2, 0.25) is 0 Å². The molecule has 0 aliphatic rings. The van der Waals surface area contributed by atoms with Gasteiger partial charge in [0.05, 0.1) is 79.3 Å². The Morgan fingerprint density at radius 2 is 0.367 bits per heavy atom. The van der Waals surface area contributed by atoms with Gasteiger partial charge in [0.15, 0.2) is 0 Å². The summed E-state index contributed by atoms with van der Waals surface area (Å²) in [7, 11) is 13.2. The number of rotatable bonds is 18. The molecule has 0 fully saturated rings. The van der Waals surface area contributed by atoms with E-state index in [4.69, 9.17) is 18.9 Å². The van der Waals surface area contributed by atoms with Gasteiger partial charge in [-0.15, -0.1) is 0 Å². The number of hydrogen-bond acceptors (Lipinski definition) is 10. The molecule has 0 aromatic carbocycles. The topological polar surface area (TPSA) is 92.3 Å². The van der Waals surface area contributed by atoms with E-state index in [1.54, 1.807) is 56.9 Å². The summed E-state index contributed by atoms with van der Waals surface area (Å²) in [6.07, 6.45) is 0. The van der Waals surface area contributed by atoms with Crippen LogP contribution in [-0.4, -0.2) is 136 Å². The van der Waals surface area contributed by atoms with Gasteiger partial charge in [0.25, 0.3) is 0 Å². The lowest BCUT2D eigenvalue weighted by molar-refractivity contribution is 0.0106. The van der Waals surface area contributed by atoms with Crippen LogP contribution in [-0.2, 0) is 47.4 Å². The molecule has 0 radical (unpaired) electrons. The zero-order valence-corrected chi connectivity index (χ0v) is 20.6. The minimum absolute atomic E-state index is 0.618. The van der Waals surface area contributed by atoms with Crippen molar-refractivity contribution in [2.45, 2.75) is 0 Å². The quantitative estimate of drug-likeness (QED) is 0.284. The van der Waals surface area contributed by atoms with Crippen molar-refractivity contribution in [2.75, 3.05) is 136 Å². The highest BCUT2D eigenvalue weighted by atomic mass is 16.6. The molecular weight excluding hydrogens is 400 g/mol. The van der Waals surface area contributed by atoms with Crippen LogP contribution < -0.4 is 0 Å². The maximum atomic E-state index is 5.16. The first-order chi connectivity index (χ1) is 14.7. The van der Waals surface area contributed by atoms with Crippen LogP contribution in [0.5, 0.6) is 0 Å². The molecule has 0 saturated carbocycles. The molecule has 0 rings (SSSR count). The summed E-state index contributed by atoms with van der Waals surface area (Å²) in [4.78, 5) is 0. The summed E-state index contributed by atoms with van der Waals surface area (Å²) in [6.45, 7) is 7.91. The van der Waals surface area contributed by atoms with E-state index >= 15 is 0 Å². The van der Waals surface area contributed by atoms with Crippen molar-refractivity contribution in [2.24, 2.45) is 0 Å². The SMILES string of the molecule is COCCOC.COCCOC.COCCOC.COCCOCCOCCOC. The van der Waals surface area contributed by atoms with Gasteiger partial charge in [0, 0.05) is 56.9 Å². The second-order valence-electron chi connectivity index (χ2n) is 5.17. The fourth-order valence-corrected chi connectivity index (χ4v) is 1.11. The van der Waals surface area contributed by atoms with Crippen molar-refractivity contribution >= 4 is 0 Å². The fourth-order valence-electron chi connectivity index (χ4n) is 1.11. The van der Waals surface area contributed by atoms with Crippen molar-refractivity contribution in [3.05, 3.63) is 0 Å². The Morgan fingerprint density at radius 3 is 0.533 bits per heavy atom. The predicted octanol–water partition coefficient (Wildman–Crippen LogP) is 1.15. The van der Waals surface area contributed by atoms with Crippen LogP contribution >= 0.6 is 0 Å². The van der Waals surface area contributed by atoms with Gasteiger partial charge in [-0.25, -0.2) is 0 Å². The molecule has 188 valence electrons. The molecule has 0 atom stereocenters. The molecule has 0 saturated heterocycles. The van der Waals surface area contributed by atoms with Crippen molar-refractivity contribution < 1.29 is 47.4 Å². The highest BCUT2D eigenvalue weighted by Gasteiger charge is 1.88. The lowest BCUT2D eigenvalue weighted by Crippen LogP contribution is -2.10. The lowest BCUT2D eigenvalue weighted by atomic mass is 10.7. The molecule has 0 bridgehead atoms. The van der Waals surface area contributed by atoms with E-state index in [0.717, 1.165) is 0 Å². The number of methoxy groups -OCH3 is 8. The van der Waals surface area contributed by atoms with Gasteiger partial charge in [-0.3, -0.25) is 0 Å². The maximum Gasteiger partial charge on any atom is 0.0701 e. The largest absolute Gasteiger partial charge is 0.382 e. The molecule has 0 aliphatic heterocycles.